The van der Waals surface area contributed by atoms with Gasteiger partial charge in [-0.25, -0.2) is 4.68 Å². The summed E-state index contributed by atoms with van der Waals surface area (Å²) in [4.78, 5) is 38.8. The normalized spacial score (nSPS) is 10.8. The average molecular weight is 544 g/mol. The van der Waals surface area contributed by atoms with Gasteiger partial charge in [0.15, 0.2) is 0 Å². The summed E-state index contributed by atoms with van der Waals surface area (Å²) in [5.41, 5.74) is 6.73. The molecule has 3 N–H and O–H groups in total. The number of amides is 3. The zero-order chi connectivity index (χ0) is 26.1. The molecule has 0 aliphatic rings. The fraction of sp³-hybridized carbons (Fsp3) is 0.115. The van der Waals surface area contributed by atoms with E-state index in [2.05, 4.69) is 16.1 Å². The Morgan fingerprint density at radius 1 is 0.750 bits per heavy atom. The van der Waals surface area contributed by atoms with Gasteiger partial charge in [-0.1, -0.05) is 52.5 Å². The van der Waals surface area contributed by atoms with Gasteiger partial charge >= 0.3 is 11.8 Å². The number of carbonyl (C=O) groups excluding carboxylic acids is 3. The highest BCUT2D eigenvalue weighted by Gasteiger charge is 2.22. The van der Waals surface area contributed by atoms with E-state index in [9.17, 15) is 14.4 Å². The molecule has 0 atom stereocenters. The van der Waals surface area contributed by atoms with Gasteiger partial charge in [-0.3, -0.25) is 19.8 Å². The van der Waals surface area contributed by atoms with Crippen molar-refractivity contribution >= 4 is 74.8 Å². The highest BCUT2D eigenvalue weighted by Crippen LogP contribution is 2.27. The third-order valence-corrected chi connectivity index (χ3v) is 6.48. The number of nitrogens with one attached hydrogen (secondary N) is 3. The molecule has 0 radical (unpaired) electrons. The van der Waals surface area contributed by atoms with E-state index < -0.39 is 17.7 Å². The number of fused-ring (bicyclic) bond motifs is 1. The molecule has 0 saturated heterocycles. The van der Waals surface area contributed by atoms with Crippen LogP contribution in [-0.4, -0.2) is 22.4 Å². The van der Waals surface area contributed by atoms with Crippen LogP contribution in [0.2, 0.25) is 15.1 Å². The molecule has 3 amide bonds. The van der Waals surface area contributed by atoms with Crippen LogP contribution in [-0.2, 0) is 9.59 Å². The summed E-state index contributed by atoms with van der Waals surface area (Å²) in [6.45, 7) is 5.65. The van der Waals surface area contributed by atoms with Gasteiger partial charge < -0.3 is 10.6 Å². The molecule has 0 bridgehead atoms. The van der Waals surface area contributed by atoms with Crippen molar-refractivity contribution in [3.05, 3.63) is 92.0 Å². The first-order valence-electron chi connectivity index (χ1n) is 10.8. The van der Waals surface area contributed by atoms with Crippen molar-refractivity contribution in [3.63, 3.8) is 0 Å². The lowest BCUT2D eigenvalue weighted by Gasteiger charge is -2.15. The van der Waals surface area contributed by atoms with Crippen molar-refractivity contribution in [1.82, 2.24) is 4.68 Å². The van der Waals surface area contributed by atoms with Crippen LogP contribution >= 0.6 is 34.8 Å². The first-order chi connectivity index (χ1) is 17.0. The van der Waals surface area contributed by atoms with Crippen molar-refractivity contribution in [2.24, 2.45) is 0 Å². The van der Waals surface area contributed by atoms with Gasteiger partial charge in [-0.2, -0.15) is 0 Å². The Kier molecular flexibility index (Phi) is 7.26. The number of rotatable bonds is 4. The molecule has 10 heteroatoms. The fourth-order valence-corrected chi connectivity index (χ4v) is 4.42. The SMILES string of the molecule is Cc1cc(C)c(NC(=O)C(=O)Nn2c(C(=O)Nc3ccc(Cl)c(Cl)c3)cc3cc(Cl)ccc32)c(C)c1. The maximum absolute atomic E-state index is 13.2. The molecule has 184 valence electrons. The van der Waals surface area contributed by atoms with E-state index in [1.54, 1.807) is 36.4 Å². The Morgan fingerprint density at radius 2 is 1.44 bits per heavy atom. The van der Waals surface area contributed by atoms with Crippen LogP contribution in [0.25, 0.3) is 10.9 Å². The second-order valence-corrected chi connectivity index (χ2v) is 9.57. The average Bonchev–Trinajstić information content (AvgIpc) is 3.15. The van der Waals surface area contributed by atoms with Crippen molar-refractivity contribution in [2.75, 3.05) is 16.1 Å². The van der Waals surface area contributed by atoms with E-state index in [1.807, 2.05) is 32.9 Å². The monoisotopic (exact) mass is 542 g/mol. The number of aromatic nitrogens is 1. The van der Waals surface area contributed by atoms with Crippen molar-refractivity contribution in [1.29, 1.82) is 0 Å². The van der Waals surface area contributed by atoms with E-state index in [-0.39, 0.29) is 10.7 Å². The second kappa shape index (κ2) is 10.2. The largest absolute Gasteiger partial charge is 0.328 e. The summed E-state index contributed by atoms with van der Waals surface area (Å²) in [6.07, 6.45) is 0. The number of anilines is 2. The van der Waals surface area contributed by atoms with Crippen LogP contribution in [0.1, 0.15) is 27.2 Å². The second-order valence-electron chi connectivity index (χ2n) is 8.32. The highest BCUT2D eigenvalue weighted by molar-refractivity contribution is 6.43. The van der Waals surface area contributed by atoms with Gasteiger partial charge in [0.2, 0.25) is 0 Å². The summed E-state index contributed by atoms with van der Waals surface area (Å²) in [7, 11) is 0. The summed E-state index contributed by atoms with van der Waals surface area (Å²) >= 11 is 18.1. The lowest BCUT2D eigenvalue weighted by molar-refractivity contribution is -0.133. The molecule has 3 aromatic carbocycles. The minimum absolute atomic E-state index is 0.0715. The van der Waals surface area contributed by atoms with E-state index in [0.717, 1.165) is 16.7 Å². The maximum atomic E-state index is 13.2. The Bertz CT molecular complexity index is 1520. The third kappa shape index (κ3) is 5.33. The number of carbonyl (C=O) groups is 3. The highest BCUT2D eigenvalue weighted by atomic mass is 35.5. The van der Waals surface area contributed by atoms with Gasteiger partial charge in [0.05, 0.1) is 15.6 Å². The molecule has 4 aromatic rings. The number of halogens is 3. The number of hydrogen-bond donors (Lipinski definition) is 3. The van der Waals surface area contributed by atoms with E-state index in [4.69, 9.17) is 34.8 Å². The van der Waals surface area contributed by atoms with Crippen molar-refractivity contribution in [2.45, 2.75) is 20.8 Å². The van der Waals surface area contributed by atoms with Crippen LogP contribution < -0.4 is 16.1 Å². The van der Waals surface area contributed by atoms with Crippen LogP contribution in [0.15, 0.2) is 54.6 Å². The molecule has 0 spiro atoms. The predicted molar refractivity (Wildman–Crippen MR) is 145 cm³/mol. The summed E-state index contributed by atoms with van der Waals surface area (Å²) < 4.78 is 1.25. The zero-order valence-corrected chi connectivity index (χ0v) is 21.8. The quantitative estimate of drug-likeness (QED) is 0.257. The van der Waals surface area contributed by atoms with Gasteiger partial charge in [-0.05, 0) is 74.4 Å². The predicted octanol–water partition coefficient (Wildman–Crippen LogP) is 6.49. The number of nitrogens with zero attached hydrogens (tertiary/aromatic N) is 1. The van der Waals surface area contributed by atoms with Gasteiger partial charge in [0.25, 0.3) is 5.91 Å². The molecule has 0 fully saturated rings. The third-order valence-electron chi connectivity index (χ3n) is 5.51. The van der Waals surface area contributed by atoms with E-state index >= 15 is 0 Å². The lowest BCUT2D eigenvalue weighted by Crippen LogP contribution is -2.36. The Labute approximate surface area is 222 Å². The van der Waals surface area contributed by atoms with Crippen LogP contribution in [0.3, 0.4) is 0 Å². The molecule has 4 rings (SSSR count). The standard InChI is InChI=1S/C26H21Cl3N4O3/c1-13-8-14(2)23(15(3)9-13)31-25(35)26(36)32-33-21-7-4-17(27)10-16(21)11-22(33)24(34)30-18-5-6-19(28)20(29)12-18/h4-12H,1-3H3,(H,30,34)(H,31,35)(H,32,36). The molecule has 0 unspecified atom stereocenters. The Balaban J connectivity index is 1.64. The summed E-state index contributed by atoms with van der Waals surface area (Å²) in [5, 5.41) is 7.03. The molecule has 1 heterocycles. The molecule has 36 heavy (non-hydrogen) atoms. The number of hydrogen-bond acceptors (Lipinski definition) is 3. The van der Waals surface area contributed by atoms with Crippen LogP contribution in [0.4, 0.5) is 11.4 Å². The van der Waals surface area contributed by atoms with Gasteiger partial charge in [-0.15, -0.1) is 0 Å². The number of aryl methyl sites for hydroxylation is 3. The lowest BCUT2D eigenvalue weighted by atomic mass is 10.1. The first-order valence-corrected chi connectivity index (χ1v) is 11.9. The van der Waals surface area contributed by atoms with Gasteiger partial charge in [0.1, 0.15) is 5.69 Å². The molecule has 0 aliphatic heterocycles. The topological polar surface area (TPSA) is 92.2 Å². The Hall–Kier alpha value is -3.52. The van der Waals surface area contributed by atoms with Crippen LogP contribution in [0, 0.1) is 20.8 Å². The molecule has 1 aromatic heterocycles. The summed E-state index contributed by atoms with van der Waals surface area (Å²) in [5.74, 6) is -2.38. The first kappa shape index (κ1) is 25.6. The van der Waals surface area contributed by atoms with E-state index in [1.165, 1.54) is 10.7 Å². The van der Waals surface area contributed by atoms with E-state index in [0.29, 0.717) is 32.3 Å². The molecule has 0 aliphatic carbocycles. The minimum Gasteiger partial charge on any atom is -0.321 e. The summed E-state index contributed by atoms with van der Waals surface area (Å²) in [6, 6.07) is 14.9. The minimum atomic E-state index is -0.953. The molecule has 7 nitrogen and oxygen atoms in total. The van der Waals surface area contributed by atoms with Crippen molar-refractivity contribution in [3.8, 4) is 0 Å². The molecular weight excluding hydrogens is 523 g/mol. The Morgan fingerprint density at radius 3 is 2.11 bits per heavy atom. The van der Waals surface area contributed by atoms with Crippen molar-refractivity contribution < 1.29 is 14.4 Å². The van der Waals surface area contributed by atoms with Gasteiger partial charge in [0, 0.05) is 21.8 Å². The fourth-order valence-electron chi connectivity index (χ4n) is 3.94. The van der Waals surface area contributed by atoms with Crippen LogP contribution in [0.5, 0.6) is 0 Å². The maximum Gasteiger partial charge on any atom is 0.328 e. The number of benzene rings is 3. The smallest absolute Gasteiger partial charge is 0.321 e. The zero-order valence-electron chi connectivity index (χ0n) is 19.5. The molecule has 0 saturated carbocycles. The molecular formula is C26H21Cl3N4O3.